The van der Waals surface area contributed by atoms with Gasteiger partial charge in [-0.25, -0.2) is 0 Å². The fraction of sp³-hybridized carbons (Fsp3) is 0.214. The van der Waals surface area contributed by atoms with Crippen LogP contribution in [0.25, 0.3) is 22.4 Å². The van der Waals surface area contributed by atoms with Gasteiger partial charge in [-0.15, -0.1) is 0 Å². The smallest absolute Gasteiger partial charge is 0.270 e. The van der Waals surface area contributed by atoms with Crippen molar-refractivity contribution < 1.29 is 9.53 Å². The van der Waals surface area contributed by atoms with Crippen LogP contribution in [0.1, 0.15) is 46.9 Å². The molecule has 0 radical (unpaired) electrons. The largest absolute Gasteiger partial charge is 0.489 e. The Morgan fingerprint density at radius 1 is 1.09 bits per heavy atom. The molecule has 7 heteroatoms. The third-order valence-electron chi connectivity index (χ3n) is 6.14. The molecule has 1 aliphatic heterocycles. The van der Waals surface area contributed by atoms with E-state index in [4.69, 9.17) is 9.84 Å². The molecule has 0 spiro atoms. The summed E-state index contributed by atoms with van der Waals surface area (Å²) < 4.78 is 7.77. The predicted octanol–water partition coefficient (Wildman–Crippen LogP) is 4.93. The molecular formula is C28H25N5O2. The van der Waals surface area contributed by atoms with Gasteiger partial charge in [-0.2, -0.15) is 10.4 Å². The van der Waals surface area contributed by atoms with Gasteiger partial charge >= 0.3 is 0 Å². The number of nitrogens with one attached hydrogen (secondary N) is 1. The van der Waals surface area contributed by atoms with Crippen molar-refractivity contribution in [3.8, 4) is 34.2 Å². The molecule has 1 aliphatic rings. The molecule has 2 aromatic carbocycles. The van der Waals surface area contributed by atoms with Gasteiger partial charge in [0, 0.05) is 30.1 Å². The fourth-order valence-electron chi connectivity index (χ4n) is 4.38. The number of pyridine rings is 1. The number of fused-ring (bicyclic) bond motifs is 1. The summed E-state index contributed by atoms with van der Waals surface area (Å²) in [4.78, 5) is 16.8. The number of ether oxygens (including phenoxy) is 1. The van der Waals surface area contributed by atoms with Gasteiger partial charge in [0.05, 0.1) is 18.2 Å². The van der Waals surface area contributed by atoms with E-state index in [9.17, 15) is 10.1 Å². The number of carbonyl (C=O) groups is 1. The summed E-state index contributed by atoms with van der Waals surface area (Å²) in [5, 5.41) is 17.2. The lowest BCUT2D eigenvalue weighted by Gasteiger charge is -2.15. The zero-order valence-corrected chi connectivity index (χ0v) is 19.7. The van der Waals surface area contributed by atoms with E-state index in [1.54, 1.807) is 17.1 Å². The van der Waals surface area contributed by atoms with Gasteiger partial charge in [0.1, 0.15) is 23.7 Å². The van der Waals surface area contributed by atoms with E-state index in [0.717, 1.165) is 33.5 Å². The first kappa shape index (κ1) is 22.4. The molecule has 0 unspecified atom stereocenters. The van der Waals surface area contributed by atoms with Crippen LogP contribution in [-0.2, 0) is 13.2 Å². The van der Waals surface area contributed by atoms with Crippen LogP contribution in [0.5, 0.6) is 5.75 Å². The van der Waals surface area contributed by atoms with Gasteiger partial charge < -0.3 is 10.1 Å². The van der Waals surface area contributed by atoms with Gasteiger partial charge in [0.2, 0.25) is 0 Å². The number of carbonyl (C=O) groups excluding carboxylic acids is 1. The van der Waals surface area contributed by atoms with E-state index in [2.05, 4.69) is 30.2 Å². The average molecular weight is 464 g/mol. The monoisotopic (exact) mass is 463 g/mol. The summed E-state index contributed by atoms with van der Waals surface area (Å²) >= 11 is 0. The van der Waals surface area contributed by atoms with Crippen LogP contribution in [0, 0.1) is 11.3 Å². The molecule has 3 heterocycles. The van der Waals surface area contributed by atoms with E-state index >= 15 is 0 Å². The van der Waals surface area contributed by atoms with Crippen molar-refractivity contribution in [3.05, 3.63) is 89.4 Å². The third kappa shape index (κ3) is 4.38. The number of amides is 1. The maximum atomic E-state index is 12.7. The van der Waals surface area contributed by atoms with Crippen LogP contribution in [0.4, 0.5) is 0 Å². The van der Waals surface area contributed by atoms with Gasteiger partial charge in [0.15, 0.2) is 0 Å². The van der Waals surface area contributed by atoms with Crippen molar-refractivity contribution in [3.63, 3.8) is 0 Å². The number of hydrogen-bond acceptors (Lipinski definition) is 5. The van der Waals surface area contributed by atoms with Crippen LogP contribution in [0.3, 0.4) is 0 Å². The number of nitrogens with zero attached hydrogens (tertiary/aromatic N) is 4. The molecular weight excluding hydrogens is 438 g/mol. The first-order valence-corrected chi connectivity index (χ1v) is 11.6. The highest BCUT2D eigenvalue weighted by Gasteiger charge is 2.27. The first-order valence-electron chi connectivity index (χ1n) is 11.6. The Morgan fingerprint density at radius 2 is 1.86 bits per heavy atom. The first-order chi connectivity index (χ1) is 17.0. The molecule has 0 saturated carbocycles. The minimum Gasteiger partial charge on any atom is -0.489 e. The van der Waals surface area contributed by atoms with E-state index in [0.29, 0.717) is 42.6 Å². The Labute approximate surface area is 204 Å². The van der Waals surface area contributed by atoms with E-state index in [1.807, 2.05) is 54.6 Å². The van der Waals surface area contributed by atoms with Crippen molar-refractivity contribution in [2.45, 2.75) is 32.9 Å². The highest BCUT2D eigenvalue weighted by molar-refractivity contribution is 6.03. The lowest BCUT2D eigenvalue weighted by atomic mass is 9.96. The molecule has 174 valence electrons. The van der Waals surface area contributed by atoms with Crippen LogP contribution in [0.2, 0.25) is 0 Å². The van der Waals surface area contributed by atoms with Crippen molar-refractivity contribution in [2.75, 3.05) is 6.54 Å². The topological polar surface area (TPSA) is 92.8 Å². The number of rotatable bonds is 6. The normalized spacial score (nSPS) is 12.7. The van der Waals surface area contributed by atoms with Crippen molar-refractivity contribution in [2.24, 2.45) is 0 Å². The number of nitriles is 1. The average Bonchev–Trinajstić information content (AvgIpc) is 3.29. The number of hydrogen-bond donors (Lipinski definition) is 1. The molecule has 0 aliphatic carbocycles. The fourth-order valence-corrected chi connectivity index (χ4v) is 4.38. The molecule has 2 aromatic heterocycles. The van der Waals surface area contributed by atoms with Crippen LogP contribution in [0.15, 0.2) is 67.0 Å². The second-order valence-corrected chi connectivity index (χ2v) is 8.79. The van der Waals surface area contributed by atoms with E-state index in [-0.39, 0.29) is 5.91 Å². The second-order valence-electron chi connectivity index (χ2n) is 8.79. The van der Waals surface area contributed by atoms with Gasteiger partial charge in [0.25, 0.3) is 5.91 Å². The van der Waals surface area contributed by atoms with Gasteiger partial charge in [-0.05, 0) is 52.9 Å². The predicted molar refractivity (Wildman–Crippen MR) is 133 cm³/mol. The number of aromatic nitrogens is 3. The summed E-state index contributed by atoms with van der Waals surface area (Å²) in [6, 6.07) is 19.7. The molecule has 0 atom stereocenters. The molecule has 1 N–H and O–H groups in total. The summed E-state index contributed by atoms with van der Waals surface area (Å²) in [6.07, 6.45) is 3.44. The molecule has 0 saturated heterocycles. The van der Waals surface area contributed by atoms with Crippen molar-refractivity contribution in [1.82, 2.24) is 20.1 Å². The Bertz CT molecular complexity index is 1420. The lowest BCUT2D eigenvalue weighted by Crippen LogP contribution is -2.35. The van der Waals surface area contributed by atoms with Gasteiger partial charge in [-0.1, -0.05) is 38.1 Å². The molecule has 0 fully saturated rings. The SMILES string of the molecule is CC(C)c1ccc(COc2ccc(-c3c(-c4ccncc4)nn4c3C(=O)NCC4)cc2)cc1C#N. The summed E-state index contributed by atoms with van der Waals surface area (Å²) in [7, 11) is 0. The maximum absolute atomic E-state index is 12.7. The molecule has 35 heavy (non-hydrogen) atoms. The maximum Gasteiger partial charge on any atom is 0.270 e. The molecule has 5 rings (SSSR count). The second kappa shape index (κ2) is 9.43. The molecule has 1 amide bonds. The molecule has 0 bridgehead atoms. The van der Waals surface area contributed by atoms with E-state index in [1.165, 1.54) is 0 Å². The zero-order chi connectivity index (χ0) is 24.4. The van der Waals surface area contributed by atoms with Crippen molar-refractivity contribution >= 4 is 5.91 Å². The lowest BCUT2D eigenvalue weighted by molar-refractivity contribution is 0.0925. The highest BCUT2D eigenvalue weighted by Crippen LogP contribution is 2.36. The van der Waals surface area contributed by atoms with Gasteiger partial charge in [-0.3, -0.25) is 14.5 Å². The summed E-state index contributed by atoms with van der Waals surface area (Å²) in [5.41, 5.74) is 6.57. The Balaban J connectivity index is 1.42. The molecule has 7 nitrogen and oxygen atoms in total. The minimum atomic E-state index is -0.127. The Kier molecular flexibility index (Phi) is 6.02. The Morgan fingerprint density at radius 3 is 2.57 bits per heavy atom. The molecule has 4 aromatic rings. The van der Waals surface area contributed by atoms with Crippen molar-refractivity contribution in [1.29, 1.82) is 5.26 Å². The minimum absolute atomic E-state index is 0.127. The van der Waals surface area contributed by atoms with Crippen LogP contribution in [-0.4, -0.2) is 27.2 Å². The summed E-state index contributed by atoms with van der Waals surface area (Å²) in [6.45, 7) is 5.70. The number of benzene rings is 2. The van der Waals surface area contributed by atoms with Crippen LogP contribution >= 0.6 is 0 Å². The third-order valence-corrected chi connectivity index (χ3v) is 6.14. The zero-order valence-electron chi connectivity index (χ0n) is 19.7. The Hall–Kier alpha value is -4.44. The quantitative estimate of drug-likeness (QED) is 0.438. The standard InChI is InChI=1S/C28H25N5O2/c1-18(2)24-8-3-19(15-22(24)16-29)17-35-23-6-4-20(5-7-23)25-26(21-9-11-30-12-10-21)32-33-14-13-31-28(34)27(25)33/h3-12,15,18H,13-14,17H2,1-2H3,(H,31,34). The highest BCUT2D eigenvalue weighted by atomic mass is 16.5. The van der Waals surface area contributed by atoms with E-state index < -0.39 is 0 Å². The summed E-state index contributed by atoms with van der Waals surface area (Å²) in [5.74, 6) is 0.870. The van der Waals surface area contributed by atoms with Crippen LogP contribution < -0.4 is 10.1 Å².